The van der Waals surface area contributed by atoms with Gasteiger partial charge < -0.3 is 10.3 Å². The molecule has 3 heteroatoms. The monoisotopic (exact) mass is 215 g/mol. The fourth-order valence-electron chi connectivity index (χ4n) is 1.83. The van der Waals surface area contributed by atoms with E-state index >= 15 is 0 Å². The summed E-state index contributed by atoms with van der Waals surface area (Å²) in [4.78, 5) is 4.31. The van der Waals surface area contributed by atoms with E-state index < -0.39 is 0 Å². The van der Waals surface area contributed by atoms with Gasteiger partial charge in [-0.15, -0.1) is 0 Å². The van der Waals surface area contributed by atoms with Crippen molar-refractivity contribution in [2.24, 2.45) is 7.05 Å². The number of rotatable bonds is 3. The standard InChI is InChI=1S/C13H17N3/c1-3-4-5-7-10-8-6-9-11-12(10)16(2)13(14)15-11/h5-9H,3-4H2,1-2H3,(H2,14,15). The van der Waals surface area contributed by atoms with Crippen LogP contribution in [0.15, 0.2) is 24.3 Å². The van der Waals surface area contributed by atoms with E-state index in [1.54, 1.807) is 0 Å². The maximum absolute atomic E-state index is 5.80. The van der Waals surface area contributed by atoms with E-state index in [2.05, 4.69) is 30.1 Å². The Morgan fingerprint density at radius 2 is 2.25 bits per heavy atom. The summed E-state index contributed by atoms with van der Waals surface area (Å²) < 4.78 is 1.93. The average Bonchev–Trinajstić information content (AvgIpc) is 2.56. The molecule has 3 nitrogen and oxygen atoms in total. The van der Waals surface area contributed by atoms with Crippen LogP contribution in [0.25, 0.3) is 17.1 Å². The number of aromatic nitrogens is 2. The van der Waals surface area contributed by atoms with Crippen LogP contribution in [-0.2, 0) is 7.05 Å². The second-order valence-corrected chi connectivity index (χ2v) is 3.94. The molecule has 1 aromatic heterocycles. The van der Waals surface area contributed by atoms with Crippen molar-refractivity contribution in [3.8, 4) is 0 Å². The quantitative estimate of drug-likeness (QED) is 0.855. The summed E-state index contributed by atoms with van der Waals surface area (Å²) in [6, 6.07) is 6.10. The van der Waals surface area contributed by atoms with Crippen LogP contribution in [0.1, 0.15) is 25.3 Å². The summed E-state index contributed by atoms with van der Waals surface area (Å²) in [5.74, 6) is 0.561. The molecule has 0 aliphatic carbocycles. The molecule has 0 bridgehead atoms. The van der Waals surface area contributed by atoms with Crippen LogP contribution >= 0.6 is 0 Å². The molecule has 0 atom stereocenters. The Bertz CT molecular complexity index is 523. The van der Waals surface area contributed by atoms with Crippen LogP contribution < -0.4 is 5.73 Å². The number of anilines is 1. The van der Waals surface area contributed by atoms with Gasteiger partial charge in [0.25, 0.3) is 0 Å². The molecule has 2 rings (SSSR count). The molecular weight excluding hydrogens is 198 g/mol. The molecule has 0 fully saturated rings. The van der Waals surface area contributed by atoms with Crippen molar-refractivity contribution in [3.63, 3.8) is 0 Å². The number of nitrogen functional groups attached to an aromatic ring is 1. The largest absolute Gasteiger partial charge is 0.369 e. The van der Waals surface area contributed by atoms with Gasteiger partial charge in [-0.05, 0) is 12.5 Å². The Morgan fingerprint density at radius 1 is 1.44 bits per heavy atom. The molecule has 0 radical (unpaired) electrons. The Hall–Kier alpha value is -1.77. The van der Waals surface area contributed by atoms with Crippen molar-refractivity contribution in [2.75, 3.05) is 5.73 Å². The van der Waals surface area contributed by atoms with E-state index in [1.165, 1.54) is 12.0 Å². The second kappa shape index (κ2) is 4.39. The van der Waals surface area contributed by atoms with Crippen LogP contribution in [0, 0.1) is 0 Å². The van der Waals surface area contributed by atoms with Crippen LogP contribution in [0.4, 0.5) is 5.95 Å². The first kappa shape index (κ1) is 10.7. The molecule has 0 amide bonds. The number of unbranched alkanes of at least 4 members (excludes halogenated alkanes) is 1. The lowest BCUT2D eigenvalue weighted by Gasteiger charge is -2.00. The third kappa shape index (κ3) is 1.81. The number of nitrogens with zero attached hydrogens (tertiary/aromatic N) is 2. The van der Waals surface area contributed by atoms with Crippen molar-refractivity contribution < 1.29 is 0 Å². The number of hydrogen-bond acceptors (Lipinski definition) is 2. The minimum absolute atomic E-state index is 0.561. The van der Waals surface area contributed by atoms with E-state index in [4.69, 9.17) is 5.73 Å². The highest BCUT2D eigenvalue weighted by Crippen LogP contribution is 2.21. The molecule has 1 heterocycles. The normalized spacial score (nSPS) is 11.6. The Kier molecular flexibility index (Phi) is 2.95. The minimum atomic E-state index is 0.561. The van der Waals surface area contributed by atoms with Crippen LogP contribution in [0.3, 0.4) is 0 Å². The van der Waals surface area contributed by atoms with E-state index in [0.717, 1.165) is 17.5 Å². The molecule has 2 N–H and O–H groups in total. The fraction of sp³-hybridized carbons (Fsp3) is 0.308. The first-order valence-electron chi connectivity index (χ1n) is 5.61. The number of imidazole rings is 1. The van der Waals surface area contributed by atoms with Crippen LogP contribution in [0.5, 0.6) is 0 Å². The Morgan fingerprint density at radius 3 is 3.00 bits per heavy atom. The minimum Gasteiger partial charge on any atom is -0.369 e. The smallest absolute Gasteiger partial charge is 0.200 e. The molecule has 16 heavy (non-hydrogen) atoms. The first-order chi connectivity index (χ1) is 7.74. The fourth-order valence-corrected chi connectivity index (χ4v) is 1.83. The SMILES string of the molecule is CCCC=Cc1cccc2nc(N)n(C)c12. The summed E-state index contributed by atoms with van der Waals surface area (Å²) in [5, 5.41) is 0. The summed E-state index contributed by atoms with van der Waals surface area (Å²) in [6.07, 6.45) is 6.61. The summed E-state index contributed by atoms with van der Waals surface area (Å²) in [7, 11) is 1.95. The Balaban J connectivity index is 2.52. The van der Waals surface area contributed by atoms with E-state index in [9.17, 15) is 0 Å². The zero-order chi connectivity index (χ0) is 11.5. The van der Waals surface area contributed by atoms with E-state index in [-0.39, 0.29) is 0 Å². The molecule has 2 aromatic rings. The van der Waals surface area contributed by atoms with Gasteiger partial charge in [0, 0.05) is 12.6 Å². The maximum Gasteiger partial charge on any atom is 0.200 e. The van der Waals surface area contributed by atoms with Crippen molar-refractivity contribution in [3.05, 3.63) is 29.8 Å². The summed E-state index contributed by atoms with van der Waals surface area (Å²) in [6.45, 7) is 2.17. The van der Waals surface area contributed by atoms with Gasteiger partial charge in [0.05, 0.1) is 11.0 Å². The number of benzene rings is 1. The third-order valence-corrected chi connectivity index (χ3v) is 2.71. The van der Waals surface area contributed by atoms with Crippen LogP contribution in [0.2, 0.25) is 0 Å². The molecular formula is C13H17N3. The number of para-hydroxylation sites is 1. The molecule has 84 valence electrons. The first-order valence-corrected chi connectivity index (χ1v) is 5.61. The van der Waals surface area contributed by atoms with Crippen LogP contribution in [-0.4, -0.2) is 9.55 Å². The van der Waals surface area contributed by atoms with Gasteiger partial charge in [-0.1, -0.05) is 37.6 Å². The van der Waals surface area contributed by atoms with Gasteiger partial charge in [0.1, 0.15) is 0 Å². The average molecular weight is 215 g/mol. The molecule has 1 aromatic carbocycles. The zero-order valence-corrected chi connectivity index (χ0v) is 9.77. The third-order valence-electron chi connectivity index (χ3n) is 2.71. The predicted molar refractivity (Wildman–Crippen MR) is 69.1 cm³/mol. The molecule has 0 aliphatic heterocycles. The van der Waals surface area contributed by atoms with Crippen molar-refractivity contribution in [2.45, 2.75) is 19.8 Å². The van der Waals surface area contributed by atoms with Crippen molar-refractivity contribution >= 4 is 23.1 Å². The molecule has 0 unspecified atom stereocenters. The van der Waals surface area contributed by atoms with Crippen molar-refractivity contribution in [1.82, 2.24) is 9.55 Å². The topological polar surface area (TPSA) is 43.8 Å². The molecule has 0 spiro atoms. The molecule has 0 saturated heterocycles. The van der Waals surface area contributed by atoms with Gasteiger partial charge in [-0.3, -0.25) is 0 Å². The second-order valence-electron chi connectivity index (χ2n) is 3.94. The summed E-state index contributed by atoms with van der Waals surface area (Å²) >= 11 is 0. The highest BCUT2D eigenvalue weighted by molar-refractivity contribution is 5.87. The number of fused-ring (bicyclic) bond motifs is 1. The number of hydrogen-bond donors (Lipinski definition) is 1. The number of aryl methyl sites for hydroxylation is 1. The van der Waals surface area contributed by atoms with Crippen molar-refractivity contribution in [1.29, 1.82) is 0 Å². The van der Waals surface area contributed by atoms with Gasteiger partial charge in [-0.2, -0.15) is 0 Å². The van der Waals surface area contributed by atoms with E-state index in [0.29, 0.717) is 5.95 Å². The van der Waals surface area contributed by atoms with Gasteiger partial charge in [0.2, 0.25) is 5.95 Å². The van der Waals surface area contributed by atoms with Gasteiger partial charge in [0.15, 0.2) is 0 Å². The predicted octanol–water partition coefficient (Wildman–Crippen LogP) is 2.97. The zero-order valence-electron chi connectivity index (χ0n) is 9.77. The summed E-state index contributed by atoms with van der Waals surface area (Å²) in [5.41, 5.74) is 9.04. The highest BCUT2D eigenvalue weighted by atomic mass is 15.1. The lowest BCUT2D eigenvalue weighted by atomic mass is 10.1. The van der Waals surface area contributed by atoms with Gasteiger partial charge >= 0.3 is 0 Å². The lowest BCUT2D eigenvalue weighted by Crippen LogP contribution is -1.97. The van der Waals surface area contributed by atoms with E-state index in [1.807, 2.05) is 23.7 Å². The number of nitrogens with two attached hydrogens (primary N) is 1. The highest BCUT2D eigenvalue weighted by Gasteiger charge is 2.06. The van der Waals surface area contributed by atoms with Gasteiger partial charge in [-0.25, -0.2) is 4.98 Å². The Labute approximate surface area is 95.6 Å². The molecule has 0 aliphatic rings. The lowest BCUT2D eigenvalue weighted by molar-refractivity contribution is 0.959. The number of allylic oxidation sites excluding steroid dienone is 1. The maximum atomic E-state index is 5.80. The molecule has 0 saturated carbocycles.